The second kappa shape index (κ2) is 8.37. The van der Waals surface area contributed by atoms with Crippen LogP contribution in [0.1, 0.15) is 41.5 Å². The molecular weight excluding hydrogens is 156 g/mol. The number of rotatable bonds is 0. The lowest BCUT2D eigenvalue weighted by Crippen LogP contribution is -2.13. The maximum absolute atomic E-state index is 10.2. The zero-order valence-electron chi connectivity index (χ0n) is 8.88. The van der Waals surface area contributed by atoms with Crippen LogP contribution >= 0.6 is 0 Å². The maximum Gasteiger partial charge on any atom is 0.509 e. The lowest BCUT2D eigenvalue weighted by atomic mass is 10.3. The molecule has 1 heterocycles. The van der Waals surface area contributed by atoms with E-state index in [4.69, 9.17) is 0 Å². The van der Waals surface area contributed by atoms with Crippen molar-refractivity contribution in [1.82, 2.24) is 0 Å². The van der Waals surface area contributed by atoms with Crippen molar-refractivity contribution < 1.29 is 14.3 Å². The van der Waals surface area contributed by atoms with Gasteiger partial charge < -0.3 is 9.47 Å². The second-order valence-corrected chi connectivity index (χ2v) is 1.90. The average Bonchev–Trinajstić information content (AvgIpc) is 2.37. The Morgan fingerprint density at radius 1 is 0.917 bits per heavy atom. The van der Waals surface area contributed by atoms with Gasteiger partial charge in [0.2, 0.25) is 0 Å². The fourth-order valence-corrected chi connectivity index (χ4v) is 0.523. The van der Waals surface area contributed by atoms with Gasteiger partial charge in [-0.1, -0.05) is 27.7 Å². The summed E-state index contributed by atoms with van der Waals surface area (Å²) >= 11 is 0. The molecule has 1 aliphatic rings. The summed E-state index contributed by atoms with van der Waals surface area (Å²) in [6.07, 6.45) is -0.713. The molecule has 1 rings (SSSR count). The Labute approximate surface area is 75.1 Å². The predicted octanol–water partition coefficient (Wildman–Crippen LogP) is 2.98. The highest BCUT2D eigenvalue weighted by Gasteiger charge is 2.28. The van der Waals surface area contributed by atoms with Crippen LogP contribution in [-0.2, 0) is 9.47 Å². The van der Waals surface area contributed by atoms with Crippen LogP contribution in [0.3, 0.4) is 0 Å². The summed E-state index contributed by atoms with van der Waals surface area (Å²) < 4.78 is 9.22. The monoisotopic (exact) mass is 176 g/mol. The number of ether oxygens (including phenoxy) is 2. The molecule has 0 radical (unpaired) electrons. The highest BCUT2D eigenvalue weighted by Crippen LogP contribution is 2.12. The van der Waals surface area contributed by atoms with Crippen LogP contribution in [0.4, 0.5) is 4.79 Å². The van der Waals surface area contributed by atoms with Crippen LogP contribution in [0.25, 0.3) is 0 Å². The molecule has 0 saturated carbocycles. The number of hydrogen-bond donors (Lipinski definition) is 0. The van der Waals surface area contributed by atoms with Gasteiger partial charge in [0, 0.05) is 0 Å². The molecule has 2 atom stereocenters. The highest BCUT2D eigenvalue weighted by atomic mass is 16.8. The third-order valence-corrected chi connectivity index (χ3v) is 1.23. The second-order valence-electron chi connectivity index (χ2n) is 1.90. The van der Waals surface area contributed by atoms with E-state index in [9.17, 15) is 4.79 Å². The Bertz CT molecular complexity index is 100. The van der Waals surface area contributed by atoms with E-state index in [0.29, 0.717) is 0 Å². The minimum atomic E-state index is -0.551. The number of carbonyl (C=O) groups is 1. The molecule has 74 valence electrons. The van der Waals surface area contributed by atoms with Crippen LogP contribution < -0.4 is 0 Å². The van der Waals surface area contributed by atoms with E-state index in [1.165, 1.54) is 0 Å². The van der Waals surface area contributed by atoms with Gasteiger partial charge in [-0.2, -0.15) is 0 Å². The summed E-state index contributed by atoms with van der Waals surface area (Å²) in [5.41, 5.74) is 0. The van der Waals surface area contributed by atoms with Gasteiger partial charge in [-0.05, 0) is 13.8 Å². The van der Waals surface area contributed by atoms with Gasteiger partial charge in [0.25, 0.3) is 0 Å². The number of carbonyl (C=O) groups excluding carboxylic acids is 1. The maximum atomic E-state index is 10.2. The predicted molar refractivity (Wildman–Crippen MR) is 49.2 cm³/mol. The molecule has 1 saturated heterocycles. The summed E-state index contributed by atoms with van der Waals surface area (Å²) in [5, 5.41) is 0. The minimum Gasteiger partial charge on any atom is -0.427 e. The first kappa shape index (κ1) is 13.8. The summed E-state index contributed by atoms with van der Waals surface area (Å²) in [4.78, 5) is 10.2. The Balaban J connectivity index is 0. The van der Waals surface area contributed by atoms with Crippen LogP contribution in [0.5, 0.6) is 0 Å². The topological polar surface area (TPSA) is 35.5 Å². The standard InChI is InChI=1S/C5H8O3.2C2H6/c1-3-4(2)8-5(6)7-3;2*1-2/h3-4H,1-2H3;2*1-2H3/t3-,4+;;. The molecule has 0 spiro atoms. The van der Waals surface area contributed by atoms with Gasteiger partial charge >= 0.3 is 6.16 Å². The minimum absolute atomic E-state index is 0.0810. The molecule has 0 aromatic heterocycles. The van der Waals surface area contributed by atoms with Gasteiger partial charge in [-0.25, -0.2) is 4.79 Å². The molecule has 0 bridgehead atoms. The molecule has 0 aromatic carbocycles. The number of hydrogen-bond acceptors (Lipinski definition) is 3. The zero-order valence-corrected chi connectivity index (χ0v) is 8.88. The normalized spacial score (nSPS) is 25.3. The highest BCUT2D eigenvalue weighted by molar-refractivity contribution is 5.62. The van der Waals surface area contributed by atoms with Crippen LogP contribution in [0.15, 0.2) is 0 Å². The van der Waals surface area contributed by atoms with E-state index in [0.717, 1.165) is 0 Å². The lowest BCUT2D eigenvalue weighted by molar-refractivity contribution is 0.118. The molecular formula is C9H20O3. The molecule has 0 N–H and O–H groups in total. The molecule has 3 nitrogen and oxygen atoms in total. The first-order valence-corrected chi connectivity index (χ1v) is 4.57. The molecule has 0 amide bonds. The van der Waals surface area contributed by atoms with Gasteiger partial charge in [-0.15, -0.1) is 0 Å². The molecule has 0 aliphatic carbocycles. The molecule has 0 unspecified atom stereocenters. The first-order valence-electron chi connectivity index (χ1n) is 4.57. The summed E-state index contributed by atoms with van der Waals surface area (Å²) in [6, 6.07) is 0. The van der Waals surface area contributed by atoms with Crippen molar-refractivity contribution >= 4 is 6.16 Å². The Morgan fingerprint density at radius 3 is 1.25 bits per heavy atom. The van der Waals surface area contributed by atoms with E-state index in [1.807, 2.05) is 27.7 Å². The molecule has 12 heavy (non-hydrogen) atoms. The third-order valence-electron chi connectivity index (χ3n) is 1.23. The smallest absolute Gasteiger partial charge is 0.427 e. The van der Waals surface area contributed by atoms with E-state index in [2.05, 4.69) is 9.47 Å². The SMILES string of the molecule is CC.CC.C[C@@H]1OC(=O)O[C@@H]1C. The van der Waals surface area contributed by atoms with Crippen molar-refractivity contribution in [3.8, 4) is 0 Å². The molecule has 0 aromatic rings. The first-order chi connectivity index (χ1) is 5.70. The van der Waals surface area contributed by atoms with E-state index >= 15 is 0 Å². The number of cyclic esters (lactones) is 2. The summed E-state index contributed by atoms with van der Waals surface area (Å²) in [7, 11) is 0. The van der Waals surface area contributed by atoms with Crippen LogP contribution in [0.2, 0.25) is 0 Å². The van der Waals surface area contributed by atoms with Crippen molar-refractivity contribution in [1.29, 1.82) is 0 Å². The van der Waals surface area contributed by atoms with Crippen LogP contribution in [-0.4, -0.2) is 18.4 Å². The van der Waals surface area contributed by atoms with Gasteiger partial charge in [-0.3, -0.25) is 0 Å². The fourth-order valence-electron chi connectivity index (χ4n) is 0.523. The van der Waals surface area contributed by atoms with E-state index in [-0.39, 0.29) is 12.2 Å². The van der Waals surface area contributed by atoms with E-state index in [1.54, 1.807) is 13.8 Å². The van der Waals surface area contributed by atoms with Gasteiger partial charge in [0.15, 0.2) is 0 Å². The zero-order chi connectivity index (χ0) is 10.1. The average molecular weight is 176 g/mol. The van der Waals surface area contributed by atoms with Crippen molar-refractivity contribution in [3.63, 3.8) is 0 Å². The lowest BCUT2D eigenvalue weighted by Gasteiger charge is -2.00. The van der Waals surface area contributed by atoms with Gasteiger partial charge in [0.05, 0.1) is 0 Å². The van der Waals surface area contributed by atoms with Crippen LogP contribution in [0, 0.1) is 0 Å². The Hall–Kier alpha value is -0.730. The van der Waals surface area contributed by atoms with Crippen molar-refractivity contribution in [2.24, 2.45) is 0 Å². The molecule has 1 aliphatic heterocycles. The Kier molecular flexibility index (Phi) is 9.65. The van der Waals surface area contributed by atoms with Gasteiger partial charge in [0.1, 0.15) is 12.2 Å². The summed E-state index contributed by atoms with van der Waals surface area (Å²) in [5.74, 6) is 0. The quantitative estimate of drug-likeness (QED) is 0.532. The molecule has 3 heteroatoms. The third kappa shape index (κ3) is 4.99. The van der Waals surface area contributed by atoms with Crippen molar-refractivity contribution in [2.75, 3.05) is 0 Å². The van der Waals surface area contributed by atoms with Crippen molar-refractivity contribution in [3.05, 3.63) is 0 Å². The summed E-state index contributed by atoms with van der Waals surface area (Å²) in [6.45, 7) is 11.6. The fraction of sp³-hybridized carbons (Fsp3) is 0.889. The van der Waals surface area contributed by atoms with Crippen molar-refractivity contribution in [2.45, 2.75) is 53.8 Å². The largest absolute Gasteiger partial charge is 0.509 e. The Morgan fingerprint density at radius 2 is 1.17 bits per heavy atom. The van der Waals surface area contributed by atoms with E-state index < -0.39 is 6.16 Å². The molecule has 1 fully saturated rings.